The first-order valence-electron chi connectivity index (χ1n) is 7.08. The van der Waals surface area contributed by atoms with Gasteiger partial charge in [0.25, 0.3) is 0 Å². The zero-order valence-electron chi connectivity index (χ0n) is 12.0. The molecule has 1 N–H and O–H groups in total. The Morgan fingerprint density at radius 2 is 2.00 bits per heavy atom. The molecule has 0 aromatic rings. The molecule has 0 saturated carbocycles. The fourth-order valence-electron chi connectivity index (χ4n) is 2.93. The van der Waals surface area contributed by atoms with Gasteiger partial charge in [-0.1, -0.05) is 0 Å². The maximum absolute atomic E-state index is 12.1. The minimum Gasteiger partial charge on any atom is -0.383 e. The predicted molar refractivity (Wildman–Crippen MR) is 71.9 cm³/mol. The van der Waals surface area contributed by atoms with Crippen LogP contribution < -0.4 is 4.90 Å². The molecular formula is C14H25N2O3+. The normalized spacial score (nSPS) is 23.8. The van der Waals surface area contributed by atoms with E-state index in [1.807, 2.05) is 0 Å². The molecule has 0 amide bonds. The first-order valence-corrected chi connectivity index (χ1v) is 7.08. The van der Waals surface area contributed by atoms with Crippen molar-refractivity contribution in [2.45, 2.75) is 19.3 Å². The maximum atomic E-state index is 12.1. The van der Waals surface area contributed by atoms with E-state index in [2.05, 4.69) is 4.90 Å². The summed E-state index contributed by atoms with van der Waals surface area (Å²) in [4.78, 5) is 15.9. The Hall–Kier alpha value is -0.910. The fraction of sp³-hybridized carbons (Fsp3) is 0.786. The van der Waals surface area contributed by atoms with Crippen molar-refractivity contribution < 1.29 is 19.2 Å². The molecule has 5 nitrogen and oxygen atoms in total. The van der Waals surface area contributed by atoms with Crippen LogP contribution in [-0.4, -0.2) is 64.4 Å². The summed E-state index contributed by atoms with van der Waals surface area (Å²) in [5, 5.41) is 0. The van der Waals surface area contributed by atoms with Gasteiger partial charge in [-0.05, 0) is 12.8 Å². The van der Waals surface area contributed by atoms with Crippen molar-refractivity contribution in [2.24, 2.45) is 0 Å². The summed E-state index contributed by atoms with van der Waals surface area (Å²) in [5.74, 6) is 0.346. The predicted octanol–water partition coefficient (Wildman–Crippen LogP) is -0.556. The summed E-state index contributed by atoms with van der Waals surface area (Å²) >= 11 is 0. The van der Waals surface area contributed by atoms with E-state index in [9.17, 15) is 4.79 Å². The largest absolute Gasteiger partial charge is 0.383 e. The van der Waals surface area contributed by atoms with E-state index in [0.717, 1.165) is 51.3 Å². The summed E-state index contributed by atoms with van der Waals surface area (Å²) in [5.41, 5.74) is 2.33. The van der Waals surface area contributed by atoms with E-state index < -0.39 is 0 Å². The third-order valence-corrected chi connectivity index (χ3v) is 3.95. The first-order chi connectivity index (χ1) is 9.26. The maximum Gasteiger partial charge on any atom is 0.166 e. The zero-order chi connectivity index (χ0) is 13.7. The second-order valence-electron chi connectivity index (χ2n) is 5.29. The first kappa shape index (κ1) is 14.5. The Bertz CT molecular complexity index is 355. The molecule has 0 radical (unpaired) electrons. The summed E-state index contributed by atoms with van der Waals surface area (Å²) < 4.78 is 10.3. The molecule has 1 aliphatic heterocycles. The Labute approximate surface area is 115 Å². The number of nitrogens with one attached hydrogen (secondary N) is 1. The molecule has 0 spiro atoms. The van der Waals surface area contributed by atoms with Crippen molar-refractivity contribution in [3.63, 3.8) is 0 Å². The van der Waals surface area contributed by atoms with Crippen LogP contribution in [0.3, 0.4) is 0 Å². The average molecular weight is 269 g/mol. The number of methoxy groups -OCH3 is 2. The SMILES string of the molecule is COCCN1C[NH+](CCOC)CC2=C1CCCC2=O. The van der Waals surface area contributed by atoms with Crippen LogP contribution in [0.5, 0.6) is 0 Å². The van der Waals surface area contributed by atoms with Crippen molar-refractivity contribution in [1.82, 2.24) is 4.90 Å². The number of rotatable bonds is 6. The monoisotopic (exact) mass is 269 g/mol. The van der Waals surface area contributed by atoms with Crippen LogP contribution in [-0.2, 0) is 14.3 Å². The molecule has 5 heteroatoms. The molecule has 19 heavy (non-hydrogen) atoms. The van der Waals surface area contributed by atoms with Gasteiger partial charge >= 0.3 is 0 Å². The number of hydrogen-bond acceptors (Lipinski definition) is 4. The Kier molecular flexibility index (Phi) is 5.36. The molecule has 0 saturated heterocycles. The van der Waals surface area contributed by atoms with Gasteiger partial charge in [-0.2, -0.15) is 0 Å². The van der Waals surface area contributed by atoms with Gasteiger partial charge in [0, 0.05) is 32.9 Å². The number of carbonyl (C=O) groups is 1. The number of carbonyl (C=O) groups excluding carboxylic acids is 1. The minimum atomic E-state index is 0.346. The molecule has 2 aliphatic rings. The van der Waals surface area contributed by atoms with Gasteiger partial charge in [0.15, 0.2) is 12.5 Å². The van der Waals surface area contributed by atoms with Gasteiger partial charge in [-0.25, -0.2) is 0 Å². The quantitative estimate of drug-likeness (QED) is 0.702. The van der Waals surface area contributed by atoms with Gasteiger partial charge < -0.3 is 19.3 Å². The smallest absolute Gasteiger partial charge is 0.166 e. The van der Waals surface area contributed by atoms with Crippen LogP contribution >= 0.6 is 0 Å². The van der Waals surface area contributed by atoms with Crippen LogP contribution in [0.25, 0.3) is 0 Å². The van der Waals surface area contributed by atoms with E-state index in [4.69, 9.17) is 9.47 Å². The lowest BCUT2D eigenvalue weighted by Gasteiger charge is -2.38. The van der Waals surface area contributed by atoms with Crippen molar-refractivity contribution in [1.29, 1.82) is 0 Å². The molecule has 108 valence electrons. The molecular weight excluding hydrogens is 244 g/mol. The fourth-order valence-corrected chi connectivity index (χ4v) is 2.93. The number of ether oxygens (including phenoxy) is 2. The van der Waals surface area contributed by atoms with Crippen LogP contribution in [0.15, 0.2) is 11.3 Å². The van der Waals surface area contributed by atoms with E-state index in [1.165, 1.54) is 10.6 Å². The third kappa shape index (κ3) is 3.55. The zero-order valence-corrected chi connectivity index (χ0v) is 12.0. The van der Waals surface area contributed by atoms with Crippen molar-refractivity contribution in [3.8, 4) is 0 Å². The number of quaternary nitrogens is 1. The Balaban J connectivity index is 2.10. The summed E-state index contributed by atoms with van der Waals surface area (Å²) in [6, 6.07) is 0. The number of allylic oxidation sites excluding steroid dienone is 1. The number of ketones is 1. The molecule has 1 unspecified atom stereocenters. The van der Waals surface area contributed by atoms with Crippen LogP contribution in [0, 0.1) is 0 Å². The third-order valence-electron chi connectivity index (χ3n) is 3.95. The number of nitrogens with zero attached hydrogens (tertiary/aromatic N) is 1. The van der Waals surface area contributed by atoms with Crippen molar-refractivity contribution in [3.05, 3.63) is 11.3 Å². The lowest BCUT2D eigenvalue weighted by Crippen LogP contribution is -3.15. The second-order valence-corrected chi connectivity index (χ2v) is 5.29. The van der Waals surface area contributed by atoms with Crippen molar-refractivity contribution in [2.75, 3.05) is 53.7 Å². The highest BCUT2D eigenvalue weighted by Crippen LogP contribution is 2.25. The average Bonchev–Trinajstić information content (AvgIpc) is 2.43. The lowest BCUT2D eigenvalue weighted by atomic mass is 9.92. The Morgan fingerprint density at radius 3 is 2.74 bits per heavy atom. The van der Waals surface area contributed by atoms with E-state index in [0.29, 0.717) is 18.8 Å². The van der Waals surface area contributed by atoms with Crippen molar-refractivity contribution >= 4 is 5.78 Å². The highest BCUT2D eigenvalue weighted by molar-refractivity contribution is 5.97. The van der Waals surface area contributed by atoms with E-state index >= 15 is 0 Å². The summed E-state index contributed by atoms with van der Waals surface area (Å²) in [6.07, 6.45) is 2.76. The molecule has 0 aromatic heterocycles. The van der Waals surface area contributed by atoms with Crippen LogP contribution in [0.1, 0.15) is 19.3 Å². The highest BCUT2D eigenvalue weighted by atomic mass is 16.5. The molecule has 1 atom stereocenters. The van der Waals surface area contributed by atoms with Gasteiger partial charge in [-0.15, -0.1) is 0 Å². The highest BCUT2D eigenvalue weighted by Gasteiger charge is 2.33. The number of hydrogen-bond donors (Lipinski definition) is 1. The standard InChI is InChI=1S/C14H24N2O3/c1-18-8-6-15-10-12-13(4-3-5-14(12)17)16(11-15)7-9-19-2/h3-11H2,1-2H3/p+1. The minimum absolute atomic E-state index is 0.346. The van der Waals surface area contributed by atoms with E-state index in [1.54, 1.807) is 14.2 Å². The molecule has 0 bridgehead atoms. The molecule has 2 rings (SSSR count). The molecule has 1 aliphatic carbocycles. The lowest BCUT2D eigenvalue weighted by molar-refractivity contribution is -0.907. The van der Waals surface area contributed by atoms with Gasteiger partial charge in [0.2, 0.25) is 0 Å². The van der Waals surface area contributed by atoms with Gasteiger partial charge in [0.05, 0.1) is 18.8 Å². The van der Waals surface area contributed by atoms with Crippen LogP contribution in [0.2, 0.25) is 0 Å². The molecule has 0 fully saturated rings. The topological polar surface area (TPSA) is 43.2 Å². The number of Topliss-reactive ketones (excluding diaryl/α,β-unsaturated/α-hetero) is 1. The molecule has 0 aromatic carbocycles. The Morgan fingerprint density at radius 1 is 1.21 bits per heavy atom. The molecule has 1 heterocycles. The second kappa shape index (κ2) is 7.03. The summed E-state index contributed by atoms with van der Waals surface area (Å²) in [6.45, 7) is 5.09. The van der Waals surface area contributed by atoms with Crippen LogP contribution in [0.4, 0.5) is 0 Å². The van der Waals surface area contributed by atoms with Gasteiger partial charge in [-0.3, -0.25) is 4.79 Å². The van der Waals surface area contributed by atoms with E-state index in [-0.39, 0.29) is 0 Å². The van der Waals surface area contributed by atoms with Gasteiger partial charge in [0.1, 0.15) is 13.1 Å². The summed E-state index contributed by atoms with van der Waals surface area (Å²) in [7, 11) is 3.45.